The Morgan fingerprint density at radius 1 is 0.939 bits per heavy atom. The first kappa shape index (κ1) is 29.6. The fraction of sp³-hybridized carbons (Fsp3) is 0.400. The van der Waals surface area contributed by atoms with E-state index < -0.39 is 0 Å². The number of aromatic amines is 1. The molecule has 1 amide bonds. The van der Waals surface area contributed by atoms with Gasteiger partial charge in [0, 0.05) is 12.1 Å². The molecule has 0 aliphatic carbocycles. The average Bonchev–Trinajstić information content (AvgIpc) is 3.36. The van der Waals surface area contributed by atoms with Gasteiger partial charge in [-0.3, -0.25) is 4.79 Å². The van der Waals surface area contributed by atoms with Crippen LogP contribution in [0.15, 0.2) is 42.5 Å². The Morgan fingerprint density at radius 3 is 2.06 bits per heavy atom. The summed E-state index contributed by atoms with van der Waals surface area (Å²) in [5.74, 6) is -0.115. The van der Waals surface area contributed by atoms with Gasteiger partial charge in [-0.2, -0.15) is 15.4 Å². The van der Waals surface area contributed by atoms with Crippen LogP contribution in [0.1, 0.15) is 54.6 Å². The van der Waals surface area contributed by atoms with Crippen LogP contribution in [0.5, 0.6) is 0 Å². The zero-order valence-corrected chi connectivity index (χ0v) is 20.3. The molecule has 4 rings (SSSR count). The molecule has 180 valence electrons. The SMILES string of the molecule is C=O.C=O.CC.CN1CCCCC1.Cc1ccc(CNC(=O)c2ccc3n[nH]nc3c2)cc1. The first-order valence-corrected chi connectivity index (χ1v) is 11.0. The summed E-state index contributed by atoms with van der Waals surface area (Å²) < 4.78 is 0. The summed E-state index contributed by atoms with van der Waals surface area (Å²) in [5.41, 5.74) is 4.30. The van der Waals surface area contributed by atoms with E-state index in [2.05, 4.69) is 32.7 Å². The van der Waals surface area contributed by atoms with Crippen molar-refractivity contribution in [2.75, 3.05) is 20.1 Å². The topological polar surface area (TPSA) is 108 Å². The van der Waals surface area contributed by atoms with Crippen LogP contribution in [0.3, 0.4) is 0 Å². The van der Waals surface area contributed by atoms with Gasteiger partial charge < -0.3 is 19.8 Å². The van der Waals surface area contributed by atoms with E-state index in [4.69, 9.17) is 9.59 Å². The van der Waals surface area contributed by atoms with Gasteiger partial charge in [0.15, 0.2) is 0 Å². The summed E-state index contributed by atoms with van der Waals surface area (Å²) in [6.45, 7) is 13.2. The third-order valence-corrected chi connectivity index (χ3v) is 4.73. The molecule has 8 nitrogen and oxygen atoms in total. The molecular formula is C25H37N5O3. The van der Waals surface area contributed by atoms with Crippen molar-refractivity contribution >= 4 is 30.5 Å². The van der Waals surface area contributed by atoms with Gasteiger partial charge in [-0.25, -0.2) is 0 Å². The molecule has 1 aliphatic heterocycles. The number of piperidine rings is 1. The van der Waals surface area contributed by atoms with Crippen molar-refractivity contribution in [1.82, 2.24) is 25.6 Å². The lowest BCUT2D eigenvalue weighted by atomic mass is 10.1. The molecular weight excluding hydrogens is 418 g/mol. The molecule has 1 aliphatic rings. The number of amides is 1. The van der Waals surface area contributed by atoms with Gasteiger partial charge in [0.25, 0.3) is 5.91 Å². The molecule has 33 heavy (non-hydrogen) atoms. The number of hydrogen-bond acceptors (Lipinski definition) is 6. The van der Waals surface area contributed by atoms with Crippen molar-refractivity contribution in [3.8, 4) is 0 Å². The first-order chi connectivity index (χ1) is 16.1. The number of carbonyl (C=O) groups is 3. The van der Waals surface area contributed by atoms with Crippen LogP contribution >= 0.6 is 0 Å². The quantitative estimate of drug-likeness (QED) is 0.619. The van der Waals surface area contributed by atoms with Crippen molar-refractivity contribution in [1.29, 1.82) is 0 Å². The minimum absolute atomic E-state index is 0.115. The van der Waals surface area contributed by atoms with E-state index in [-0.39, 0.29) is 5.91 Å². The molecule has 0 radical (unpaired) electrons. The fourth-order valence-corrected chi connectivity index (χ4v) is 3.02. The van der Waals surface area contributed by atoms with Crippen LogP contribution in [-0.4, -0.2) is 59.9 Å². The van der Waals surface area contributed by atoms with Gasteiger partial charge in [0.2, 0.25) is 0 Å². The van der Waals surface area contributed by atoms with Crippen LogP contribution in [-0.2, 0) is 16.1 Å². The van der Waals surface area contributed by atoms with E-state index in [9.17, 15) is 4.79 Å². The van der Waals surface area contributed by atoms with Crippen LogP contribution in [0.2, 0.25) is 0 Å². The Hall–Kier alpha value is -3.39. The van der Waals surface area contributed by atoms with Gasteiger partial charge in [-0.05, 0) is 63.7 Å². The summed E-state index contributed by atoms with van der Waals surface area (Å²) in [5, 5.41) is 13.4. The lowest BCUT2D eigenvalue weighted by Gasteiger charge is -2.20. The number of carbonyl (C=O) groups excluding carboxylic acids is 3. The van der Waals surface area contributed by atoms with Gasteiger partial charge in [0.05, 0.1) is 0 Å². The van der Waals surface area contributed by atoms with Gasteiger partial charge in [-0.15, -0.1) is 0 Å². The van der Waals surface area contributed by atoms with Crippen LogP contribution in [0.4, 0.5) is 0 Å². The third-order valence-electron chi connectivity index (χ3n) is 4.73. The van der Waals surface area contributed by atoms with Gasteiger partial charge in [0.1, 0.15) is 24.6 Å². The number of fused-ring (bicyclic) bond motifs is 1. The van der Waals surface area contributed by atoms with E-state index >= 15 is 0 Å². The average molecular weight is 456 g/mol. The van der Waals surface area contributed by atoms with E-state index in [0.29, 0.717) is 17.6 Å². The molecule has 0 unspecified atom stereocenters. The highest BCUT2D eigenvalue weighted by molar-refractivity contribution is 5.97. The van der Waals surface area contributed by atoms with Crippen LogP contribution in [0.25, 0.3) is 11.0 Å². The first-order valence-electron chi connectivity index (χ1n) is 11.0. The molecule has 0 atom stereocenters. The molecule has 1 aromatic heterocycles. The maximum absolute atomic E-state index is 12.1. The minimum Gasteiger partial charge on any atom is -0.348 e. The third kappa shape index (κ3) is 11.2. The predicted molar refractivity (Wildman–Crippen MR) is 133 cm³/mol. The highest BCUT2D eigenvalue weighted by Gasteiger charge is 2.07. The Balaban J connectivity index is 0.000000659. The molecule has 8 heteroatoms. The number of rotatable bonds is 3. The molecule has 1 saturated heterocycles. The maximum atomic E-state index is 12.1. The number of hydrogen-bond donors (Lipinski definition) is 2. The van der Waals surface area contributed by atoms with Crippen molar-refractivity contribution < 1.29 is 14.4 Å². The summed E-state index contributed by atoms with van der Waals surface area (Å²) in [6.07, 6.45) is 4.28. The molecule has 0 spiro atoms. The number of nitrogens with one attached hydrogen (secondary N) is 2. The standard InChI is InChI=1S/C15H14N4O.C6H13N.C2H6.2CH2O/c1-10-2-4-11(5-3-10)9-16-15(20)12-6-7-13-14(8-12)18-19-17-13;1-7-5-3-2-4-6-7;3*1-2/h2-8H,9H2,1H3,(H,16,20)(H,17,18,19);2-6H2,1H3;1-2H3;2*1H2. The number of likely N-dealkylation sites (tertiary alicyclic amines) is 1. The van der Waals surface area contributed by atoms with Crippen molar-refractivity contribution in [3.63, 3.8) is 0 Å². The van der Waals surface area contributed by atoms with Gasteiger partial charge >= 0.3 is 0 Å². The van der Waals surface area contributed by atoms with E-state index in [0.717, 1.165) is 11.1 Å². The second-order valence-corrected chi connectivity index (χ2v) is 7.06. The molecule has 2 N–H and O–H groups in total. The van der Waals surface area contributed by atoms with E-state index in [1.807, 2.05) is 58.6 Å². The lowest BCUT2D eigenvalue weighted by Crippen LogP contribution is -2.24. The summed E-state index contributed by atoms with van der Waals surface area (Å²) in [7, 11) is 2.19. The minimum atomic E-state index is -0.115. The molecule has 1 fully saturated rings. The summed E-state index contributed by atoms with van der Waals surface area (Å²) in [4.78, 5) is 30.5. The zero-order valence-electron chi connectivity index (χ0n) is 20.3. The number of H-pyrrole nitrogens is 1. The Bertz CT molecular complexity index is 904. The molecule has 3 aromatic rings. The Labute approximate surface area is 196 Å². The van der Waals surface area contributed by atoms with Gasteiger partial charge in [-0.1, -0.05) is 50.1 Å². The summed E-state index contributed by atoms with van der Waals surface area (Å²) >= 11 is 0. The fourth-order valence-electron chi connectivity index (χ4n) is 3.02. The molecule has 0 bridgehead atoms. The van der Waals surface area contributed by atoms with Crippen molar-refractivity contribution in [3.05, 3.63) is 59.2 Å². The predicted octanol–water partition coefficient (Wildman–Crippen LogP) is 3.95. The smallest absolute Gasteiger partial charge is 0.251 e. The largest absolute Gasteiger partial charge is 0.348 e. The number of nitrogens with zero attached hydrogens (tertiary/aromatic N) is 3. The second kappa shape index (κ2) is 18.2. The number of aromatic nitrogens is 3. The highest BCUT2D eigenvalue weighted by atomic mass is 16.1. The van der Waals surface area contributed by atoms with E-state index in [1.54, 1.807) is 18.2 Å². The lowest BCUT2D eigenvalue weighted by molar-refractivity contribution is -0.0987. The number of benzene rings is 2. The normalized spacial score (nSPS) is 12.2. The second-order valence-electron chi connectivity index (χ2n) is 7.06. The van der Waals surface area contributed by atoms with Crippen molar-refractivity contribution in [2.45, 2.75) is 46.6 Å². The van der Waals surface area contributed by atoms with Crippen LogP contribution in [0, 0.1) is 6.92 Å². The molecule has 0 saturated carbocycles. The highest BCUT2D eigenvalue weighted by Crippen LogP contribution is 2.11. The maximum Gasteiger partial charge on any atom is 0.251 e. The Kier molecular flexibility index (Phi) is 16.3. The monoisotopic (exact) mass is 455 g/mol. The van der Waals surface area contributed by atoms with Crippen LogP contribution < -0.4 is 5.32 Å². The number of aryl methyl sites for hydroxylation is 1. The molecule has 2 heterocycles. The Morgan fingerprint density at radius 2 is 1.52 bits per heavy atom. The van der Waals surface area contributed by atoms with Crippen molar-refractivity contribution in [2.24, 2.45) is 0 Å². The zero-order chi connectivity index (χ0) is 25.1. The molecule has 2 aromatic carbocycles. The summed E-state index contributed by atoms with van der Waals surface area (Å²) in [6, 6.07) is 13.3. The van der Waals surface area contributed by atoms with E-state index in [1.165, 1.54) is 37.9 Å².